The van der Waals surface area contributed by atoms with Crippen molar-refractivity contribution in [3.8, 4) is 0 Å². The molecule has 3 aromatic rings. The van der Waals surface area contributed by atoms with Crippen LogP contribution in [-0.2, 0) is 0 Å². The van der Waals surface area contributed by atoms with E-state index < -0.39 is 0 Å². The molecule has 0 spiro atoms. The first-order valence-electron chi connectivity index (χ1n) is 5.63. The number of amides is 1. The second-order valence-corrected chi connectivity index (χ2v) is 5.39. The highest BCUT2D eigenvalue weighted by atomic mass is 35.5. The zero-order valence-corrected chi connectivity index (χ0v) is 11.6. The number of halogens is 1. The van der Waals surface area contributed by atoms with E-state index in [9.17, 15) is 4.79 Å². The molecule has 0 saturated heterocycles. The Bertz CT molecular complexity index is 762. The minimum Gasteiger partial charge on any atom is -0.320 e. The molecule has 0 aliphatic rings. The maximum absolute atomic E-state index is 12.3. The fourth-order valence-electron chi connectivity index (χ4n) is 1.80. The minimum absolute atomic E-state index is 0.172. The Kier molecular flexibility index (Phi) is 3.00. The number of hydrogen-bond donors (Lipinski definition) is 1. The number of thiazole rings is 1. The van der Waals surface area contributed by atoms with Crippen molar-refractivity contribution in [1.29, 1.82) is 0 Å². The van der Waals surface area contributed by atoms with Gasteiger partial charge in [-0.15, -0.1) is 11.3 Å². The van der Waals surface area contributed by atoms with E-state index in [1.165, 1.54) is 11.3 Å². The molecule has 1 amide bonds. The van der Waals surface area contributed by atoms with Gasteiger partial charge in [0.2, 0.25) is 0 Å². The molecule has 2 heterocycles. The lowest BCUT2D eigenvalue weighted by Gasteiger charge is -2.08. The maximum Gasteiger partial charge on any atom is 0.273 e. The Hall–Kier alpha value is -1.85. The molecule has 0 fully saturated rings. The zero-order valence-electron chi connectivity index (χ0n) is 10.1. The van der Waals surface area contributed by atoms with Crippen LogP contribution in [0.5, 0.6) is 0 Å². The van der Waals surface area contributed by atoms with Crippen molar-refractivity contribution in [2.75, 3.05) is 5.32 Å². The molecule has 0 unspecified atom stereocenters. The predicted octanol–water partition coefficient (Wildman–Crippen LogP) is 3.61. The van der Waals surface area contributed by atoms with E-state index in [0.717, 1.165) is 16.2 Å². The van der Waals surface area contributed by atoms with Crippen LogP contribution in [0.1, 0.15) is 16.1 Å². The van der Waals surface area contributed by atoms with E-state index in [0.29, 0.717) is 10.7 Å². The van der Waals surface area contributed by atoms with E-state index in [-0.39, 0.29) is 5.91 Å². The highest BCUT2D eigenvalue weighted by Gasteiger charge is 2.13. The lowest BCUT2D eigenvalue weighted by atomic mass is 10.2. The Balaban J connectivity index is 1.93. The van der Waals surface area contributed by atoms with Gasteiger partial charge in [-0.1, -0.05) is 17.7 Å². The molecule has 1 aromatic carbocycles. The summed E-state index contributed by atoms with van der Waals surface area (Å²) in [5, 5.41) is 5.26. The number of rotatable bonds is 2. The lowest BCUT2D eigenvalue weighted by molar-refractivity contribution is 0.102. The summed E-state index contributed by atoms with van der Waals surface area (Å²) in [4.78, 5) is 17.2. The number of aromatic nitrogens is 2. The van der Waals surface area contributed by atoms with Crippen LogP contribution in [-0.4, -0.2) is 15.3 Å². The van der Waals surface area contributed by atoms with Gasteiger partial charge in [-0.25, -0.2) is 4.98 Å². The Morgan fingerprint density at radius 2 is 2.32 bits per heavy atom. The third-order valence-corrected chi connectivity index (χ3v) is 3.91. The van der Waals surface area contributed by atoms with Crippen molar-refractivity contribution >= 4 is 39.5 Å². The highest BCUT2D eigenvalue weighted by molar-refractivity contribution is 7.15. The summed E-state index contributed by atoms with van der Waals surface area (Å²) in [6, 6.07) is 5.41. The second-order valence-electron chi connectivity index (χ2n) is 4.11. The van der Waals surface area contributed by atoms with Crippen LogP contribution in [0.25, 0.3) is 4.96 Å². The first kappa shape index (κ1) is 12.2. The first-order chi connectivity index (χ1) is 9.15. The molecule has 0 bridgehead atoms. The van der Waals surface area contributed by atoms with Crippen LogP contribution in [0.2, 0.25) is 5.02 Å². The number of aryl methyl sites for hydroxylation is 1. The molecule has 2 aromatic heterocycles. The molecule has 3 rings (SSSR count). The van der Waals surface area contributed by atoms with Gasteiger partial charge in [-0.05, 0) is 24.6 Å². The van der Waals surface area contributed by atoms with E-state index >= 15 is 0 Å². The number of benzene rings is 1. The van der Waals surface area contributed by atoms with Gasteiger partial charge in [0.05, 0.1) is 0 Å². The summed E-state index contributed by atoms with van der Waals surface area (Å²) in [6.45, 7) is 1.92. The van der Waals surface area contributed by atoms with Crippen LogP contribution < -0.4 is 5.32 Å². The van der Waals surface area contributed by atoms with Crippen molar-refractivity contribution in [1.82, 2.24) is 9.38 Å². The van der Waals surface area contributed by atoms with Gasteiger partial charge >= 0.3 is 0 Å². The van der Waals surface area contributed by atoms with Crippen LogP contribution >= 0.6 is 22.9 Å². The smallest absolute Gasteiger partial charge is 0.273 e. The molecule has 96 valence electrons. The monoisotopic (exact) mass is 291 g/mol. The first-order valence-corrected chi connectivity index (χ1v) is 6.89. The molecule has 4 nitrogen and oxygen atoms in total. The van der Waals surface area contributed by atoms with E-state index in [1.807, 2.05) is 13.0 Å². The Morgan fingerprint density at radius 3 is 3.16 bits per heavy atom. The fourth-order valence-corrected chi connectivity index (χ4v) is 2.81. The number of nitrogens with one attached hydrogen (secondary N) is 1. The predicted molar refractivity (Wildman–Crippen MR) is 77.2 cm³/mol. The number of hydrogen-bond acceptors (Lipinski definition) is 3. The average Bonchev–Trinajstić information content (AvgIpc) is 2.95. The van der Waals surface area contributed by atoms with Crippen LogP contribution in [0.15, 0.2) is 36.0 Å². The highest BCUT2D eigenvalue weighted by Crippen LogP contribution is 2.22. The topological polar surface area (TPSA) is 46.4 Å². The van der Waals surface area contributed by atoms with Crippen molar-refractivity contribution in [3.05, 3.63) is 52.3 Å². The summed E-state index contributed by atoms with van der Waals surface area (Å²) >= 11 is 7.37. The van der Waals surface area contributed by atoms with Gasteiger partial charge in [0.15, 0.2) is 4.96 Å². The van der Waals surface area contributed by atoms with Gasteiger partial charge in [-0.3, -0.25) is 9.20 Å². The van der Waals surface area contributed by atoms with Crippen molar-refractivity contribution in [2.24, 2.45) is 0 Å². The Morgan fingerprint density at radius 1 is 1.47 bits per heavy atom. The normalized spacial score (nSPS) is 10.8. The third kappa shape index (κ3) is 2.22. The molecular formula is C13H10ClN3OS. The second kappa shape index (κ2) is 4.68. The molecule has 0 aliphatic heterocycles. The van der Waals surface area contributed by atoms with E-state index in [1.54, 1.807) is 34.3 Å². The van der Waals surface area contributed by atoms with Gasteiger partial charge < -0.3 is 5.32 Å². The molecule has 19 heavy (non-hydrogen) atoms. The van der Waals surface area contributed by atoms with E-state index in [2.05, 4.69) is 10.3 Å². The molecule has 0 atom stereocenters. The summed E-state index contributed by atoms with van der Waals surface area (Å²) in [7, 11) is 0. The quantitative estimate of drug-likeness (QED) is 0.784. The van der Waals surface area contributed by atoms with Gasteiger partial charge in [0.25, 0.3) is 5.91 Å². The van der Waals surface area contributed by atoms with Crippen LogP contribution in [0.3, 0.4) is 0 Å². The lowest BCUT2D eigenvalue weighted by Crippen LogP contribution is -2.14. The summed E-state index contributed by atoms with van der Waals surface area (Å²) in [5.74, 6) is -0.172. The molecule has 0 aliphatic carbocycles. The molecular weight excluding hydrogens is 282 g/mol. The van der Waals surface area contributed by atoms with Crippen molar-refractivity contribution < 1.29 is 4.79 Å². The number of imidazole rings is 1. The average molecular weight is 292 g/mol. The van der Waals surface area contributed by atoms with Gasteiger partial charge in [0, 0.05) is 28.5 Å². The number of anilines is 1. The van der Waals surface area contributed by atoms with Crippen molar-refractivity contribution in [2.45, 2.75) is 6.92 Å². The molecule has 0 saturated carbocycles. The van der Waals surface area contributed by atoms with Crippen LogP contribution in [0, 0.1) is 6.92 Å². The largest absolute Gasteiger partial charge is 0.320 e. The number of fused-ring (bicyclic) bond motifs is 1. The fraction of sp³-hybridized carbons (Fsp3) is 0.0769. The van der Waals surface area contributed by atoms with Gasteiger partial charge in [-0.2, -0.15) is 0 Å². The number of carbonyl (C=O) groups is 1. The van der Waals surface area contributed by atoms with E-state index in [4.69, 9.17) is 11.6 Å². The third-order valence-electron chi connectivity index (χ3n) is 2.82. The summed E-state index contributed by atoms with van der Waals surface area (Å²) in [6.07, 6.45) is 3.44. The number of carbonyl (C=O) groups excluding carboxylic acids is 1. The minimum atomic E-state index is -0.172. The van der Waals surface area contributed by atoms with Crippen LogP contribution in [0.4, 0.5) is 5.69 Å². The zero-order chi connectivity index (χ0) is 13.4. The summed E-state index contributed by atoms with van der Waals surface area (Å²) in [5.41, 5.74) is 2.25. The Labute approximate surface area is 118 Å². The molecule has 0 radical (unpaired) electrons. The standard InChI is InChI=1S/C13H10ClN3OS/c1-8-2-3-9(14)6-10(8)16-12(18)11-7-19-13-15-4-5-17(11)13/h2-7H,1H3,(H,16,18). The maximum atomic E-state index is 12.3. The SMILES string of the molecule is Cc1ccc(Cl)cc1NC(=O)c1csc2nccn12. The molecule has 6 heteroatoms. The summed E-state index contributed by atoms with van der Waals surface area (Å²) < 4.78 is 1.76. The van der Waals surface area contributed by atoms with Crippen molar-refractivity contribution in [3.63, 3.8) is 0 Å². The molecule has 1 N–H and O–H groups in total. The number of nitrogens with zero attached hydrogens (tertiary/aromatic N) is 2. The van der Waals surface area contributed by atoms with Gasteiger partial charge in [0.1, 0.15) is 5.69 Å².